The monoisotopic (exact) mass is 197 g/mol. The molecule has 0 saturated carbocycles. The smallest absolute Gasteiger partial charge is 0.0689 e. The SMILES string of the molecule is C#CC(CCC)NC1CCSC1C. The third kappa shape index (κ3) is 3.25. The lowest BCUT2D eigenvalue weighted by Crippen LogP contribution is -2.40. The summed E-state index contributed by atoms with van der Waals surface area (Å²) in [6.07, 6.45) is 9.00. The Morgan fingerprint density at radius 1 is 1.69 bits per heavy atom. The Kier molecular flexibility index (Phi) is 4.69. The predicted molar refractivity (Wildman–Crippen MR) is 61.0 cm³/mol. The van der Waals surface area contributed by atoms with E-state index < -0.39 is 0 Å². The highest BCUT2D eigenvalue weighted by Crippen LogP contribution is 2.26. The summed E-state index contributed by atoms with van der Waals surface area (Å²) >= 11 is 2.04. The van der Waals surface area contributed by atoms with E-state index in [2.05, 4.69) is 25.1 Å². The van der Waals surface area contributed by atoms with E-state index in [4.69, 9.17) is 6.42 Å². The first-order chi connectivity index (χ1) is 6.27. The summed E-state index contributed by atoms with van der Waals surface area (Å²) in [5.74, 6) is 4.11. The molecule has 1 rings (SSSR count). The summed E-state index contributed by atoms with van der Waals surface area (Å²) in [5, 5.41) is 4.29. The molecule has 0 bridgehead atoms. The van der Waals surface area contributed by atoms with Crippen LogP contribution in [0.2, 0.25) is 0 Å². The number of nitrogens with one attached hydrogen (secondary N) is 1. The molecule has 0 radical (unpaired) electrons. The summed E-state index contributed by atoms with van der Waals surface area (Å²) in [5.41, 5.74) is 0. The van der Waals surface area contributed by atoms with Crippen molar-refractivity contribution in [3.05, 3.63) is 0 Å². The molecule has 3 unspecified atom stereocenters. The maximum absolute atomic E-state index is 5.46. The van der Waals surface area contributed by atoms with Crippen LogP contribution in [0, 0.1) is 12.3 Å². The molecule has 1 nitrogen and oxygen atoms in total. The highest BCUT2D eigenvalue weighted by Gasteiger charge is 2.25. The Bertz CT molecular complexity index is 185. The molecule has 1 saturated heterocycles. The van der Waals surface area contributed by atoms with Crippen LogP contribution in [0.1, 0.15) is 33.1 Å². The van der Waals surface area contributed by atoms with E-state index in [9.17, 15) is 0 Å². The molecule has 3 atom stereocenters. The molecule has 2 heteroatoms. The van der Waals surface area contributed by atoms with Crippen molar-refractivity contribution in [2.75, 3.05) is 5.75 Å². The summed E-state index contributed by atoms with van der Waals surface area (Å²) < 4.78 is 0. The maximum Gasteiger partial charge on any atom is 0.0689 e. The molecule has 0 spiro atoms. The second kappa shape index (κ2) is 5.57. The van der Waals surface area contributed by atoms with Gasteiger partial charge in [0.15, 0.2) is 0 Å². The van der Waals surface area contributed by atoms with Crippen molar-refractivity contribution < 1.29 is 0 Å². The Morgan fingerprint density at radius 2 is 2.46 bits per heavy atom. The van der Waals surface area contributed by atoms with Crippen molar-refractivity contribution in [3.8, 4) is 12.3 Å². The maximum atomic E-state index is 5.46. The van der Waals surface area contributed by atoms with Gasteiger partial charge in [-0.05, 0) is 18.6 Å². The summed E-state index contributed by atoms with van der Waals surface area (Å²) in [7, 11) is 0. The molecule has 0 aromatic heterocycles. The van der Waals surface area contributed by atoms with Gasteiger partial charge in [0.2, 0.25) is 0 Å². The van der Waals surface area contributed by atoms with Crippen LogP contribution in [0.25, 0.3) is 0 Å². The zero-order chi connectivity index (χ0) is 9.68. The van der Waals surface area contributed by atoms with Gasteiger partial charge >= 0.3 is 0 Å². The average Bonchev–Trinajstić information content (AvgIpc) is 2.51. The molecule has 13 heavy (non-hydrogen) atoms. The van der Waals surface area contributed by atoms with Crippen LogP contribution in [-0.4, -0.2) is 23.1 Å². The van der Waals surface area contributed by atoms with E-state index in [-0.39, 0.29) is 6.04 Å². The molecule has 1 aliphatic rings. The molecule has 0 amide bonds. The second-order valence-electron chi connectivity index (χ2n) is 3.65. The van der Waals surface area contributed by atoms with Crippen LogP contribution in [0.15, 0.2) is 0 Å². The standard InChI is InChI=1S/C11H19NS/c1-4-6-10(5-2)12-11-7-8-13-9(11)3/h2,9-12H,4,6-8H2,1,3H3. The first kappa shape index (κ1) is 10.9. The Morgan fingerprint density at radius 3 is 2.92 bits per heavy atom. The van der Waals surface area contributed by atoms with Gasteiger partial charge in [-0.3, -0.25) is 5.32 Å². The van der Waals surface area contributed by atoms with E-state index in [1.54, 1.807) is 0 Å². The molecule has 0 aromatic carbocycles. The van der Waals surface area contributed by atoms with Crippen LogP contribution < -0.4 is 5.32 Å². The molecule has 1 aliphatic heterocycles. The Labute approximate surface area is 86.1 Å². The lowest BCUT2D eigenvalue weighted by atomic mass is 10.1. The zero-order valence-corrected chi connectivity index (χ0v) is 9.36. The third-order valence-electron chi connectivity index (χ3n) is 2.57. The van der Waals surface area contributed by atoms with E-state index >= 15 is 0 Å². The quantitative estimate of drug-likeness (QED) is 0.694. The van der Waals surface area contributed by atoms with E-state index in [1.807, 2.05) is 11.8 Å². The van der Waals surface area contributed by atoms with Gasteiger partial charge in [0.05, 0.1) is 6.04 Å². The van der Waals surface area contributed by atoms with Gasteiger partial charge in [-0.25, -0.2) is 0 Å². The molecule has 74 valence electrons. The van der Waals surface area contributed by atoms with E-state index in [0.717, 1.165) is 18.1 Å². The fraction of sp³-hybridized carbons (Fsp3) is 0.818. The van der Waals surface area contributed by atoms with Gasteiger partial charge in [-0.2, -0.15) is 11.8 Å². The second-order valence-corrected chi connectivity index (χ2v) is 5.13. The molecule has 1 heterocycles. The largest absolute Gasteiger partial charge is 0.300 e. The van der Waals surface area contributed by atoms with Crippen LogP contribution in [0.4, 0.5) is 0 Å². The summed E-state index contributed by atoms with van der Waals surface area (Å²) in [6.45, 7) is 4.47. The van der Waals surface area contributed by atoms with Crippen LogP contribution in [-0.2, 0) is 0 Å². The van der Waals surface area contributed by atoms with Crippen LogP contribution in [0.3, 0.4) is 0 Å². The number of rotatable bonds is 4. The average molecular weight is 197 g/mol. The van der Waals surface area contributed by atoms with E-state index in [1.165, 1.54) is 12.2 Å². The minimum absolute atomic E-state index is 0.288. The van der Waals surface area contributed by atoms with Crippen molar-refractivity contribution in [1.82, 2.24) is 5.32 Å². The minimum Gasteiger partial charge on any atom is -0.300 e. The van der Waals surface area contributed by atoms with Crippen molar-refractivity contribution in [3.63, 3.8) is 0 Å². The summed E-state index contributed by atoms with van der Waals surface area (Å²) in [4.78, 5) is 0. The normalized spacial score (nSPS) is 29.9. The predicted octanol–water partition coefficient (Wildman–Crippen LogP) is 2.27. The zero-order valence-electron chi connectivity index (χ0n) is 8.55. The van der Waals surface area contributed by atoms with Gasteiger partial charge in [-0.15, -0.1) is 6.42 Å². The van der Waals surface area contributed by atoms with Crippen molar-refractivity contribution in [1.29, 1.82) is 0 Å². The van der Waals surface area contributed by atoms with Crippen molar-refractivity contribution in [2.45, 2.75) is 50.4 Å². The molecule has 1 fully saturated rings. The Hall–Kier alpha value is -0.130. The fourth-order valence-corrected chi connectivity index (χ4v) is 2.92. The van der Waals surface area contributed by atoms with Crippen LogP contribution >= 0.6 is 11.8 Å². The highest BCUT2D eigenvalue weighted by molar-refractivity contribution is 8.00. The minimum atomic E-state index is 0.288. The molecular formula is C11H19NS. The lowest BCUT2D eigenvalue weighted by Gasteiger charge is -2.21. The fourth-order valence-electron chi connectivity index (χ4n) is 1.71. The van der Waals surface area contributed by atoms with Gasteiger partial charge in [-0.1, -0.05) is 26.2 Å². The van der Waals surface area contributed by atoms with Crippen molar-refractivity contribution >= 4 is 11.8 Å². The first-order valence-electron chi connectivity index (χ1n) is 5.11. The molecular weight excluding hydrogens is 178 g/mol. The molecule has 1 N–H and O–H groups in total. The number of hydrogen-bond acceptors (Lipinski definition) is 2. The number of terminal acetylenes is 1. The number of thioether (sulfide) groups is 1. The van der Waals surface area contributed by atoms with Crippen molar-refractivity contribution in [2.24, 2.45) is 0 Å². The first-order valence-corrected chi connectivity index (χ1v) is 6.16. The van der Waals surface area contributed by atoms with E-state index in [0.29, 0.717) is 6.04 Å². The number of hydrogen-bond donors (Lipinski definition) is 1. The Balaban J connectivity index is 2.33. The highest BCUT2D eigenvalue weighted by atomic mass is 32.2. The molecule has 0 aromatic rings. The van der Waals surface area contributed by atoms with Gasteiger partial charge in [0.1, 0.15) is 0 Å². The van der Waals surface area contributed by atoms with Gasteiger partial charge in [0.25, 0.3) is 0 Å². The van der Waals surface area contributed by atoms with Crippen LogP contribution in [0.5, 0.6) is 0 Å². The van der Waals surface area contributed by atoms with Gasteiger partial charge in [0, 0.05) is 11.3 Å². The summed E-state index contributed by atoms with van der Waals surface area (Å²) in [6, 6.07) is 0.925. The topological polar surface area (TPSA) is 12.0 Å². The lowest BCUT2D eigenvalue weighted by molar-refractivity contribution is 0.457. The third-order valence-corrected chi connectivity index (χ3v) is 3.90. The van der Waals surface area contributed by atoms with Gasteiger partial charge < -0.3 is 0 Å². The molecule has 0 aliphatic carbocycles.